The van der Waals surface area contributed by atoms with E-state index < -0.39 is 9.84 Å². The lowest BCUT2D eigenvalue weighted by Gasteiger charge is -2.20. The normalized spacial score (nSPS) is 17.2. The summed E-state index contributed by atoms with van der Waals surface area (Å²) in [4.78, 5) is 23.1. The number of hydrogen-bond acceptors (Lipinski definition) is 7. The zero-order chi connectivity index (χ0) is 24.6. The number of aryl methyl sites for hydroxylation is 1. The van der Waals surface area contributed by atoms with Crippen LogP contribution in [0.3, 0.4) is 0 Å². The van der Waals surface area contributed by atoms with Gasteiger partial charge in [0.05, 0.1) is 29.3 Å². The summed E-state index contributed by atoms with van der Waals surface area (Å²) in [5.74, 6) is 1.02. The van der Waals surface area contributed by atoms with E-state index in [2.05, 4.69) is 22.0 Å². The number of sulfone groups is 1. The average Bonchev–Trinajstić information content (AvgIpc) is 3.34. The predicted octanol–water partition coefficient (Wildman–Crippen LogP) is 2.88. The Kier molecular flexibility index (Phi) is 6.82. The zero-order valence-electron chi connectivity index (χ0n) is 20.5. The van der Waals surface area contributed by atoms with Crippen molar-refractivity contribution in [3.05, 3.63) is 34.2 Å². The van der Waals surface area contributed by atoms with Crippen LogP contribution in [0.2, 0.25) is 0 Å². The molecule has 0 bridgehead atoms. The molecule has 0 spiro atoms. The third kappa shape index (κ3) is 4.88. The molecule has 3 heterocycles. The summed E-state index contributed by atoms with van der Waals surface area (Å²) in [6.07, 6.45) is 4.07. The van der Waals surface area contributed by atoms with Gasteiger partial charge in [-0.3, -0.25) is 9.48 Å². The van der Waals surface area contributed by atoms with Gasteiger partial charge in [0.1, 0.15) is 17.1 Å². The number of likely N-dealkylation sites (tertiary alicyclic amines) is 1. The molecule has 10 heteroatoms. The smallest absolute Gasteiger partial charge is 0.279 e. The van der Waals surface area contributed by atoms with Crippen LogP contribution in [0.5, 0.6) is 5.75 Å². The molecule has 4 rings (SSSR count). The summed E-state index contributed by atoms with van der Waals surface area (Å²) < 4.78 is 32.3. The van der Waals surface area contributed by atoms with Crippen molar-refractivity contribution in [2.75, 3.05) is 26.5 Å². The summed E-state index contributed by atoms with van der Waals surface area (Å²) in [6.45, 7) is 8.30. The second-order valence-corrected chi connectivity index (χ2v) is 11.5. The van der Waals surface area contributed by atoms with Crippen molar-refractivity contribution in [3.8, 4) is 17.1 Å². The van der Waals surface area contributed by atoms with Crippen LogP contribution in [0.15, 0.2) is 27.9 Å². The molecule has 1 saturated heterocycles. The first kappa shape index (κ1) is 24.4. The fourth-order valence-corrected chi connectivity index (χ4v) is 5.06. The third-order valence-corrected chi connectivity index (χ3v) is 7.41. The van der Waals surface area contributed by atoms with Crippen molar-refractivity contribution in [1.82, 2.24) is 24.6 Å². The minimum Gasteiger partial charge on any atom is -0.493 e. The van der Waals surface area contributed by atoms with Gasteiger partial charge in [0.2, 0.25) is 0 Å². The van der Waals surface area contributed by atoms with E-state index in [1.807, 2.05) is 25.5 Å². The first-order valence-corrected chi connectivity index (χ1v) is 13.6. The number of benzene rings is 1. The number of hydrogen-bond donors (Lipinski definition) is 1. The van der Waals surface area contributed by atoms with E-state index in [9.17, 15) is 13.2 Å². The predicted molar refractivity (Wildman–Crippen MR) is 132 cm³/mol. The number of H-pyrrole nitrogens is 1. The molecular weight excluding hydrogens is 454 g/mol. The van der Waals surface area contributed by atoms with Gasteiger partial charge in [-0.05, 0) is 57.0 Å². The summed E-state index contributed by atoms with van der Waals surface area (Å²) >= 11 is 0. The molecule has 0 radical (unpaired) electrons. The molecule has 184 valence electrons. The molecule has 1 atom stereocenters. The molecule has 1 fully saturated rings. The highest BCUT2D eigenvalue weighted by Gasteiger charge is 2.25. The van der Waals surface area contributed by atoms with Crippen molar-refractivity contribution in [2.24, 2.45) is 5.92 Å². The number of rotatable bonds is 8. The fourth-order valence-electron chi connectivity index (χ4n) is 4.41. The zero-order valence-corrected chi connectivity index (χ0v) is 21.3. The first-order valence-electron chi connectivity index (χ1n) is 11.8. The first-order chi connectivity index (χ1) is 16.1. The van der Waals surface area contributed by atoms with Crippen LogP contribution in [0.4, 0.5) is 0 Å². The lowest BCUT2D eigenvalue weighted by Crippen LogP contribution is -2.30. The van der Waals surface area contributed by atoms with Crippen molar-refractivity contribution >= 4 is 20.9 Å². The van der Waals surface area contributed by atoms with E-state index in [-0.39, 0.29) is 22.2 Å². The summed E-state index contributed by atoms with van der Waals surface area (Å²) in [7, 11) is -1.34. The largest absolute Gasteiger partial charge is 0.493 e. The lowest BCUT2D eigenvalue weighted by molar-refractivity contribution is 0.272. The summed E-state index contributed by atoms with van der Waals surface area (Å²) in [6, 6.07) is 5.02. The summed E-state index contributed by atoms with van der Waals surface area (Å²) in [5, 5.41) is 4.61. The minimum atomic E-state index is -3.46. The van der Waals surface area contributed by atoms with E-state index in [0.29, 0.717) is 48.0 Å². The number of aromatic nitrogens is 4. The van der Waals surface area contributed by atoms with Gasteiger partial charge in [-0.1, -0.05) is 20.8 Å². The van der Waals surface area contributed by atoms with E-state index >= 15 is 0 Å². The Morgan fingerprint density at radius 3 is 2.65 bits per heavy atom. The van der Waals surface area contributed by atoms with Crippen LogP contribution < -0.4 is 10.3 Å². The van der Waals surface area contributed by atoms with Crippen LogP contribution >= 0.6 is 0 Å². The van der Waals surface area contributed by atoms with Crippen molar-refractivity contribution in [1.29, 1.82) is 0 Å². The van der Waals surface area contributed by atoms with Gasteiger partial charge < -0.3 is 14.6 Å². The Morgan fingerprint density at radius 2 is 2.03 bits per heavy atom. The highest BCUT2D eigenvalue weighted by atomic mass is 32.2. The maximum absolute atomic E-state index is 13.1. The van der Waals surface area contributed by atoms with Gasteiger partial charge in [-0.15, -0.1) is 0 Å². The van der Waals surface area contributed by atoms with Gasteiger partial charge in [0.15, 0.2) is 15.4 Å². The molecule has 1 aliphatic rings. The molecular formula is C24H33N5O4S. The molecule has 1 aromatic carbocycles. The molecule has 0 unspecified atom stereocenters. The Morgan fingerprint density at radius 1 is 1.26 bits per heavy atom. The molecule has 1 aliphatic heterocycles. The highest BCUT2D eigenvalue weighted by molar-refractivity contribution is 7.90. The molecule has 3 aromatic rings. The van der Waals surface area contributed by atoms with Crippen LogP contribution in [0.25, 0.3) is 22.4 Å². The Balaban J connectivity index is 1.85. The maximum atomic E-state index is 13.1. The SMILES string of the molecule is CCc1c2nc(-c3cc(S(C)(=O)=O)ccc3OCC(C)C)[nH]c(=O)c2nn1C[C@H]1CCCN1C. The topological polar surface area (TPSA) is 110 Å². The third-order valence-electron chi connectivity index (χ3n) is 6.30. The Labute approximate surface area is 200 Å². The van der Waals surface area contributed by atoms with Crippen LogP contribution in [0.1, 0.15) is 39.3 Å². The number of ether oxygens (including phenoxy) is 1. The van der Waals surface area contributed by atoms with E-state index in [1.165, 1.54) is 12.1 Å². The second-order valence-electron chi connectivity index (χ2n) is 9.51. The quantitative estimate of drug-likeness (QED) is 0.520. The average molecular weight is 488 g/mol. The molecule has 0 amide bonds. The molecule has 0 aliphatic carbocycles. The Hall–Kier alpha value is -2.72. The van der Waals surface area contributed by atoms with Crippen molar-refractivity contribution < 1.29 is 13.2 Å². The Bertz CT molecular complexity index is 1360. The van der Waals surface area contributed by atoms with Gasteiger partial charge in [0.25, 0.3) is 5.56 Å². The van der Waals surface area contributed by atoms with Crippen molar-refractivity contribution in [2.45, 2.75) is 57.5 Å². The molecule has 0 saturated carbocycles. The van der Waals surface area contributed by atoms with E-state index in [1.54, 1.807) is 6.07 Å². The monoisotopic (exact) mass is 487 g/mol. The van der Waals surface area contributed by atoms with E-state index in [4.69, 9.17) is 9.72 Å². The number of fused-ring (bicyclic) bond motifs is 1. The van der Waals surface area contributed by atoms with Crippen LogP contribution in [-0.2, 0) is 22.8 Å². The number of aromatic amines is 1. The van der Waals surface area contributed by atoms with Crippen LogP contribution in [-0.4, -0.2) is 65.6 Å². The standard InChI is InChI=1S/C24H33N5O4S/c1-6-19-21-22(27-29(19)13-16-8-7-11-28(16)4)24(30)26-23(25-21)18-12-17(34(5,31)32)9-10-20(18)33-14-15(2)3/h9-10,12,15-16H,6-8,11,13-14H2,1-5H3,(H,25,26,30)/t16-/m1/s1. The highest BCUT2D eigenvalue weighted by Crippen LogP contribution is 2.31. The number of nitrogens with one attached hydrogen (secondary N) is 1. The molecule has 34 heavy (non-hydrogen) atoms. The van der Waals surface area contributed by atoms with Gasteiger partial charge in [0, 0.05) is 12.3 Å². The molecule has 2 aromatic heterocycles. The van der Waals surface area contributed by atoms with Gasteiger partial charge in [-0.25, -0.2) is 13.4 Å². The minimum absolute atomic E-state index is 0.137. The van der Waals surface area contributed by atoms with Crippen LogP contribution in [0, 0.1) is 5.92 Å². The van der Waals surface area contributed by atoms with Crippen molar-refractivity contribution in [3.63, 3.8) is 0 Å². The number of likely N-dealkylation sites (N-methyl/N-ethyl adjacent to an activating group) is 1. The lowest BCUT2D eigenvalue weighted by atomic mass is 10.1. The van der Waals surface area contributed by atoms with Gasteiger partial charge >= 0.3 is 0 Å². The van der Waals surface area contributed by atoms with E-state index in [0.717, 1.165) is 31.3 Å². The maximum Gasteiger partial charge on any atom is 0.279 e. The summed E-state index contributed by atoms with van der Waals surface area (Å²) in [5.41, 5.74) is 1.82. The molecule has 1 N–H and O–H groups in total. The van der Waals surface area contributed by atoms with Gasteiger partial charge in [-0.2, -0.15) is 5.10 Å². The second kappa shape index (κ2) is 9.50. The molecule has 9 nitrogen and oxygen atoms in total. The number of nitrogens with zero attached hydrogens (tertiary/aromatic N) is 4. The fraction of sp³-hybridized carbons (Fsp3) is 0.542.